The number of rotatable bonds is 15. The van der Waals surface area contributed by atoms with Crippen LogP contribution in [0, 0.1) is 5.82 Å². The number of likely N-dealkylation sites (tertiary alicyclic amines) is 1. The second kappa shape index (κ2) is 15.8. The molecule has 0 bridgehead atoms. The summed E-state index contributed by atoms with van der Waals surface area (Å²) in [6.45, 7) is 18.6. The van der Waals surface area contributed by atoms with Gasteiger partial charge in [0.25, 0.3) is 0 Å². The Morgan fingerprint density at radius 3 is 2.44 bits per heavy atom. The minimum absolute atomic E-state index is 0.238. The average Bonchev–Trinajstić information content (AvgIpc) is 2.97. The van der Waals surface area contributed by atoms with Crippen molar-refractivity contribution in [1.82, 2.24) is 20.9 Å². The van der Waals surface area contributed by atoms with Gasteiger partial charge in [-0.05, 0) is 87.8 Å². The van der Waals surface area contributed by atoms with Gasteiger partial charge in [0.05, 0.1) is 11.7 Å². The zero-order chi connectivity index (χ0) is 29.9. The Morgan fingerprint density at radius 2 is 1.80 bits per heavy atom. The van der Waals surface area contributed by atoms with E-state index in [0.29, 0.717) is 35.4 Å². The summed E-state index contributed by atoms with van der Waals surface area (Å²) < 4.78 is 15.3. The summed E-state index contributed by atoms with van der Waals surface area (Å²) in [6, 6.07) is 9.82. The smallest absolute Gasteiger partial charge is 0.134 e. The quantitative estimate of drug-likeness (QED) is 0.150. The minimum atomic E-state index is -0.299. The van der Waals surface area contributed by atoms with Crippen molar-refractivity contribution in [2.75, 3.05) is 39.2 Å². The highest BCUT2D eigenvalue weighted by Gasteiger charge is 2.20. The van der Waals surface area contributed by atoms with Gasteiger partial charge in [-0.1, -0.05) is 56.8 Å². The van der Waals surface area contributed by atoms with Gasteiger partial charge in [-0.3, -0.25) is 10.3 Å². The standard InChI is InChI=1S/C33H46ClFN6/c1-8-24-11-10-12-26(33(24)23(4)37-6)18-32(29(34)20-36-5)39-21-38-31-19-30(35)28(17-25(31)9-2)22(3)40-27-13-15-41(7)16-14-27/h10-12,17,19-20,27,32,37-40H,3-5,8-9,13-16,18,21H2,1-2,6-7H3/b29-20+. The molecule has 1 saturated heterocycles. The monoisotopic (exact) mass is 580 g/mol. The average molecular weight is 581 g/mol. The van der Waals surface area contributed by atoms with Crippen molar-refractivity contribution in [3.05, 3.63) is 88.4 Å². The van der Waals surface area contributed by atoms with Crippen molar-refractivity contribution in [3.63, 3.8) is 0 Å². The van der Waals surface area contributed by atoms with Crippen molar-refractivity contribution in [3.8, 4) is 0 Å². The number of nitrogens with zero attached hydrogens (tertiary/aromatic N) is 2. The van der Waals surface area contributed by atoms with Crippen molar-refractivity contribution < 1.29 is 4.39 Å². The third kappa shape index (κ3) is 8.68. The Morgan fingerprint density at radius 1 is 1.12 bits per heavy atom. The maximum atomic E-state index is 15.3. The van der Waals surface area contributed by atoms with Crippen LogP contribution in [0.15, 0.2) is 59.7 Å². The molecule has 0 aliphatic carbocycles. The van der Waals surface area contributed by atoms with Crippen LogP contribution in [0.25, 0.3) is 11.4 Å². The molecule has 0 radical (unpaired) electrons. The highest BCUT2D eigenvalue weighted by Crippen LogP contribution is 2.27. The van der Waals surface area contributed by atoms with Crippen LogP contribution in [0.2, 0.25) is 0 Å². The van der Waals surface area contributed by atoms with Gasteiger partial charge in [0.2, 0.25) is 0 Å². The highest BCUT2D eigenvalue weighted by atomic mass is 35.5. The number of aryl methyl sites for hydroxylation is 2. The number of benzene rings is 2. The van der Waals surface area contributed by atoms with Gasteiger partial charge < -0.3 is 20.9 Å². The maximum absolute atomic E-state index is 15.3. The van der Waals surface area contributed by atoms with Gasteiger partial charge in [-0.25, -0.2) is 4.39 Å². The Hall–Kier alpha value is -3.13. The Kier molecular flexibility index (Phi) is 12.4. The predicted octanol–water partition coefficient (Wildman–Crippen LogP) is 6.15. The van der Waals surface area contributed by atoms with E-state index in [4.69, 9.17) is 11.6 Å². The maximum Gasteiger partial charge on any atom is 0.134 e. The summed E-state index contributed by atoms with van der Waals surface area (Å²) >= 11 is 6.67. The fraction of sp³-hybridized carbons (Fsp3) is 0.424. The van der Waals surface area contributed by atoms with E-state index in [2.05, 4.69) is 90.1 Å². The highest BCUT2D eigenvalue weighted by molar-refractivity contribution is 6.30. The number of hydrogen-bond acceptors (Lipinski definition) is 6. The molecule has 1 aliphatic rings. The third-order valence-electron chi connectivity index (χ3n) is 7.82. The first-order valence-electron chi connectivity index (χ1n) is 14.4. The van der Waals surface area contributed by atoms with Crippen LogP contribution < -0.4 is 21.3 Å². The first-order valence-corrected chi connectivity index (χ1v) is 14.8. The number of anilines is 1. The summed E-state index contributed by atoms with van der Waals surface area (Å²) in [5.41, 5.74) is 7.23. The van der Waals surface area contributed by atoms with E-state index in [0.717, 1.165) is 66.8 Å². The third-order valence-corrected chi connectivity index (χ3v) is 8.18. The predicted molar refractivity (Wildman–Crippen MR) is 175 cm³/mol. The summed E-state index contributed by atoms with van der Waals surface area (Å²) in [4.78, 5) is 6.19. The first-order chi connectivity index (χ1) is 19.7. The SMILES string of the molecule is C=N/C=C(/Cl)C(Cc1cccc(CC)c1C(=C)NC)NCNc1cc(F)c(C(=C)NC2CCN(C)CC2)cc1CC. The molecule has 1 atom stereocenters. The van der Waals surface area contributed by atoms with E-state index in [1.807, 2.05) is 13.1 Å². The number of piperidine rings is 1. The lowest BCUT2D eigenvalue weighted by molar-refractivity contribution is 0.245. The molecule has 1 fully saturated rings. The number of nitrogens with one attached hydrogen (secondary N) is 4. The van der Waals surface area contributed by atoms with Gasteiger partial charge in [-0.15, -0.1) is 0 Å². The summed E-state index contributed by atoms with van der Waals surface area (Å²) in [5, 5.41) is 14.0. The van der Waals surface area contributed by atoms with E-state index in [1.165, 1.54) is 5.56 Å². The lowest BCUT2D eigenvalue weighted by Gasteiger charge is -2.31. The van der Waals surface area contributed by atoms with Gasteiger partial charge in [0, 0.05) is 53.5 Å². The molecule has 0 saturated carbocycles. The van der Waals surface area contributed by atoms with Crippen LogP contribution in [0.1, 0.15) is 54.5 Å². The summed E-state index contributed by atoms with van der Waals surface area (Å²) in [7, 11) is 4.01. The molecule has 0 amide bonds. The molecule has 3 rings (SSSR count). The largest absolute Gasteiger partial charge is 0.388 e. The van der Waals surface area contributed by atoms with E-state index in [1.54, 1.807) is 12.3 Å². The molecule has 222 valence electrons. The van der Waals surface area contributed by atoms with Crippen LogP contribution in [0.4, 0.5) is 10.1 Å². The molecular formula is C33H46ClFN6. The molecule has 1 heterocycles. The zero-order valence-corrected chi connectivity index (χ0v) is 25.8. The Bertz CT molecular complexity index is 1250. The molecule has 0 aromatic heterocycles. The molecule has 1 unspecified atom stereocenters. The lowest BCUT2D eigenvalue weighted by Crippen LogP contribution is -2.40. The summed E-state index contributed by atoms with van der Waals surface area (Å²) in [5.74, 6) is -0.299. The molecule has 0 spiro atoms. The molecule has 8 heteroatoms. The lowest BCUT2D eigenvalue weighted by atomic mass is 9.93. The first kappa shape index (κ1) is 32.4. The van der Waals surface area contributed by atoms with Crippen LogP contribution in [0.3, 0.4) is 0 Å². The second-order valence-corrected chi connectivity index (χ2v) is 11.0. The van der Waals surface area contributed by atoms with E-state index in [9.17, 15) is 0 Å². The van der Waals surface area contributed by atoms with Gasteiger partial charge in [0.15, 0.2) is 0 Å². The summed E-state index contributed by atoms with van der Waals surface area (Å²) in [6.07, 6.45) is 5.87. The van der Waals surface area contributed by atoms with Crippen LogP contribution >= 0.6 is 11.6 Å². The van der Waals surface area contributed by atoms with Crippen LogP contribution in [0.5, 0.6) is 0 Å². The molecule has 2 aromatic rings. The van der Waals surface area contributed by atoms with E-state index >= 15 is 4.39 Å². The molecule has 4 N–H and O–H groups in total. The zero-order valence-electron chi connectivity index (χ0n) is 25.0. The van der Waals surface area contributed by atoms with Crippen molar-refractivity contribution in [2.45, 2.75) is 58.0 Å². The van der Waals surface area contributed by atoms with Gasteiger partial charge in [-0.2, -0.15) is 0 Å². The molecular weight excluding hydrogens is 535 g/mol. The van der Waals surface area contributed by atoms with Gasteiger partial charge in [0.1, 0.15) is 5.82 Å². The van der Waals surface area contributed by atoms with Crippen LogP contribution in [-0.4, -0.2) is 57.6 Å². The fourth-order valence-electron chi connectivity index (χ4n) is 5.35. The van der Waals surface area contributed by atoms with Crippen molar-refractivity contribution >= 4 is 35.4 Å². The van der Waals surface area contributed by atoms with Crippen LogP contribution in [-0.2, 0) is 19.3 Å². The number of aliphatic imine (C=N–C) groups is 1. The molecule has 6 nitrogen and oxygen atoms in total. The molecule has 2 aromatic carbocycles. The number of halogens is 2. The minimum Gasteiger partial charge on any atom is -0.388 e. The van der Waals surface area contributed by atoms with Gasteiger partial charge >= 0.3 is 0 Å². The number of hydrogen-bond donors (Lipinski definition) is 4. The molecule has 1 aliphatic heterocycles. The topological polar surface area (TPSA) is 63.7 Å². The Balaban J connectivity index is 1.74. The Labute approximate surface area is 250 Å². The second-order valence-electron chi connectivity index (χ2n) is 10.6. The van der Waals surface area contributed by atoms with E-state index in [-0.39, 0.29) is 11.9 Å². The van der Waals surface area contributed by atoms with E-state index < -0.39 is 0 Å². The molecule has 41 heavy (non-hydrogen) atoms. The van der Waals surface area contributed by atoms with Crippen molar-refractivity contribution in [2.24, 2.45) is 4.99 Å². The normalized spacial score (nSPS) is 15.3. The fourth-order valence-corrected chi connectivity index (χ4v) is 5.57. The van der Waals surface area contributed by atoms with Crippen molar-refractivity contribution in [1.29, 1.82) is 0 Å².